The van der Waals surface area contributed by atoms with E-state index in [1.54, 1.807) is 7.11 Å². The number of rotatable bonds is 6. The van der Waals surface area contributed by atoms with Crippen molar-refractivity contribution in [2.24, 2.45) is 5.41 Å². The normalized spacial score (nSPS) is 21.0. The van der Waals surface area contributed by atoms with Crippen LogP contribution in [0.5, 0.6) is 0 Å². The molecule has 0 aliphatic carbocycles. The van der Waals surface area contributed by atoms with E-state index in [1.165, 1.54) is 19.3 Å². The van der Waals surface area contributed by atoms with Crippen molar-refractivity contribution in [3.8, 4) is 0 Å². The highest BCUT2D eigenvalue weighted by atomic mass is 16.5. The van der Waals surface area contributed by atoms with Gasteiger partial charge in [0.25, 0.3) is 0 Å². The Morgan fingerprint density at radius 3 is 2.64 bits per heavy atom. The Morgan fingerprint density at radius 1 is 1.36 bits per heavy atom. The first-order chi connectivity index (χ1) is 6.83. The van der Waals surface area contributed by atoms with Crippen LogP contribution in [0.2, 0.25) is 0 Å². The van der Waals surface area contributed by atoms with Gasteiger partial charge in [0, 0.05) is 33.5 Å². The lowest BCUT2D eigenvalue weighted by Crippen LogP contribution is -2.38. The molecular formula is C11H23NO2. The quantitative estimate of drug-likeness (QED) is 0.659. The molecule has 3 nitrogen and oxygen atoms in total. The SMILES string of the molecule is CNCC1(CCCOC)CCOCC1. The number of nitrogens with one attached hydrogen (secondary N) is 1. The van der Waals surface area contributed by atoms with Crippen LogP contribution < -0.4 is 5.32 Å². The van der Waals surface area contributed by atoms with Crippen molar-refractivity contribution < 1.29 is 9.47 Å². The minimum absolute atomic E-state index is 0.464. The first kappa shape index (κ1) is 12.0. The molecule has 1 fully saturated rings. The molecule has 84 valence electrons. The molecule has 1 N–H and O–H groups in total. The second-order valence-corrected chi connectivity index (χ2v) is 4.24. The monoisotopic (exact) mass is 201 g/mol. The van der Waals surface area contributed by atoms with Gasteiger partial charge in [-0.05, 0) is 38.1 Å². The van der Waals surface area contributed by atoms with Crippen LogP contribution in [0.3, 0.4) is 0 Å². The third-order valence-electron chi connectivity index (χ3n) is 3.16. The first-order valence-corrected chi connectivity index (χ1v) is 5.54. The van der Waals surface area contributed by atoms with Gasteiger partial charge in [-0.15, -0.1) is 0 Å². The van der Waals surface area contributed by atoms with Crippen LogP contribution in [-0.4, -0.2) is 40.5 Å². The molecule has 0 radical (unpaired) electrons. The molecule has 0 atom stereocenters. The number of hydrogen-bond acceptors (Lipinski definition) is 3. The second-order valence-electron chi connectivity index (χ2n) is 4.24. The lowest BCUT2D eigenvalue weighted by atomic mass is 9.76. The molecule has 0 aromatic heterocycles. The van der Waals surface area contributed by atoms with Crippen LogP contribution in [0.4, 0.5) is 0 Å². The average Bonchev–Trinajstić information content (AvgIpc) is 2.20. The van der Waals surface area contributed by atoms with Gasteiger partial charge in [-0.3, -0.25) is 0 Å². The Labute approximate surface area is 87.2 Å². The topological polar surface area (TPSA) is 30.5 Å². The van der Waals surface area contributed by atoms with Crippen molar-refractivity contribution in [3.05, 3.63) is 0 Å². The van der Waals surface area contributed by atoms with Gasteiger partial charge in [0.05, 0.1) is 0 Å². The van der Waals surface area contributed by atoms with Gasteiger partial charge in [0.15, 0.2) is 0 Å². The largest absolute Gasteiger partial charge is 0.385 e. The van der Waals surface area contributed by atoms with Crippen LogP contribution in [0, 0.1) is 5.41 Å². The van der Waals surface area contributed by atoms with E-state index in [1.807, 2.05) is 7.05 Å². The molecule has 1 rings (SSSR count). The van der Waals surface area contributed by atoms with Gasteiger partial charge >= 0.3 is 0 Å². The van der Waals surface area contributed by atoms with Gasteiger partial charge in [-0.25, -0.2) is 0 Å². The van der Waals surface area contributed by atoms with E-state index in [9.17, 15) is 0 Å². The molecule has 0 bridgehead atoms. The smallest absolute Gasteiger partial charge is 0.0471 e. The standard InChI is InChI=1S/C11H23NO2/c1-12-10-11(4-3-7-13-2)5-8-14-9-6-11/h12H,3-10H2,1-2H3. The summed E-state index contributed by atoms with van der Waals surface area (Å²) in [6.07, 6.45) is 4.80. The fourth-order valence-corrected chi connectivity index (χ4v) is 2.29. The van der Waals surface area contributed by atoms with Gasteiger partial charge in [0.1, 0.15) is 0 Å². The van der Waals surface area contributed by atoms with E-state index in [2.05, 4.69) is 5.32 Å². The predicted molar refractivity (Wildman–Crippen MR) is 57.5 cm³/mol. The summed E-state index contributed by atoms with van der Waals surface area (Å²) in [5.41, 5.74) is 0.464. The van der Waals surface area contributed by atoms with E-state index in [0.29, 0.717) is 5.41 Å². The van der Waals surface area contributed by atoms with E-state index in [4.69, 9.17) is 9.47 Å². The molecule has 1 aliphatic heterocycles. The molecule has 0 aromatic carbocycles. The van der Waals surface area contributed by atoms with Crippen molar-refractivity contribution in [1.29, 1.82) is 0 Å². The molecule has 0 saturated carbocycles. The Hall–Kier alpha value is -0.120. The van der Waals surface area contributed by atoms with Crippen molar-refractivity contribution >= 4 is 0 Å². The summed E-state index contributed by atoms with van der Waals surface area (Å²) in [7, 11) is 3.81. The van der Waals surface area contributed by atoms with Crippen molar-refractivity contribution in [1.82, 2.24) is 5.32 Å². The van der Waals surface area contributed by atoms with Crippen molar-refractivity contribution in [3.63, 3.8) is 0 Å². The molecule has 0 spiro atoms. The zero-order valence-electron chi connectivity index (χ0n) is 9.47. The molecule has 1 saturated heterocycles. The highest BCUT2D eigenvalue weighted by Gasteiger charge is 2.31. The fourth-order valence-electron chi connectivity index (χ4n) is 2.29. The lowest BCUT2D eigenvalue weighted by Gasteiger charge is -2.37. The van der Waals surface area contributed by atoms with Gasteiger partial charge in [0.2, 0.25) is 0 Å². The third kappa shape index (κ3) is 3.56. The molecule has 1 aliphatic rings. The summed E-state index contributed by atoms with van der Waals surface area (Å²) < 4.78 is 10.5. The first-order valence-electron chi connectivity index (χ1n) is 5.54. The van der Waals surface area contributed by atoms with Crippen molar-refractivity contribution in [2.75, 3.05) is 40.5 Å². The summed E-state index contributed by atoms with van der Waals surface area (Å²) in [5, 5.41) is 3.31. The fraction of sp³-hybridized carbons (Fsp3) is 1.00. The third-order valence-corrected chi connectivity index (χ3v) is 3.16. The molecule has 0 amide bonds. The predicted octanol–water partition coefficient (Wildman–Crippen LogP) is 1.43. The molecule has 0 unspecified atom stereocenters. The van der Waals surface area contributed by atoms with Crippen LogP contribution >= 0.6 is 0 Å². The molecular weight excluding hydrogens is 178 g/mol. The van der Waals surface area contributed by atoms with Gasteiger partial charge in [-0.1, -0.05) is 0 Å². The molecule has 1 heterocycles. The van der Waals surface area contributed by atoms with Gasteiger partial charge in [-0.2, -0.15) is 0 Å². The van der Waals surface area contributed by atoms with Crippen LogP contribution in [0.15, 0.2) is 0 Å². The van der Waals surface area contributed by atoms with E-state index in [0.717, 1.165) is 32.8 Å². The Bertz CT molecular complexity index is 139. The zero-order valence-corrected chi connectivity index (χ0v) is 9.47. The summed E-state index contributed by atoms with van der Waals surface area (Å²) in [5.74, 6) is 0. The molecule has 3 heteroatoms. The van der Waals surface area contributed by atoms with Crippen molar-refractivity contribution in [2.45, 2.75) is 25.7 Å². The maximum absolute atomic E-state index is 5.42. The van der Waals surface area contributed by atoms with E-state index < -0.39 is 0 Å². The highest BCUT2D eigenvalue weighted by molar-refractivity contribution is 4.83. The summed E-state index contributed by atoms with van der Waals surface area (Å²) >= 11 is 0. The second kappa shape index (κ2) is 6.38. The molecule has 14 heavy (non-hydrogen) atoms. The Balaban J connectivity index is 2.34. The lowest BCUT2D eigenvalue weighted by molar-refractivity contribution is 0.00720. The molecule has 0 aromatic rings. The minimum Gasteiger partial charge on any atom is -0.385 e. The Kier molecular flexibility index (Phi) is 5.45. The van der Waals surface area contributed by atoms with E-state index >= 15 is 0 Å². The maximum Gasteiger partial charge on any atom is 0.0471 e. The number of hydrogen-bond donors (Lipinski definition) is 1. The van der Waals surface area contributed by atoms with Crippen LogP contribution in [0.25, 0.3) is 0 Å². The van der Waals surface area contributed by atoms with E-state index in [-0.39, 0.29) is 0 Å². The Morgan fingerprint density at radius 2 is 2.07 bits per heavy atom. The number of ether oxygens (including phenoxy) is 2. The zero-order chi connectivity index (χ0) is 10.3. The van der Waals surface area contributed by atoms with Gasteiger partial charge < -0.3 is 14.8 Å². The maximum atomic E-state index is 5.42. The number of methoxy groups -OCH3 is 1. The summed E-state index contributed by atoms with van der Waals surface area (Å²) in [6.45, 7) is 3.84. The van der Waals surface area contributed by atoms with Crippen LogP contribution in [0.1, 0.15) is 25.7 Å². The average molecular weight is 201 g/mol. The highest BCUT2D eigenvalue weighted by Crippen LogP contribution is 2.34. The summed E-state index contributed by atoms with van der Waals surface area (Å²) in [6, 6.07) is 0. The van der Waals surface area contributed by atoms with Crippen LogP contribution in [-0.2, 0) is 9.47 Å². The minimum atomic E-state index is 0.464. The summed E-state index contributed by atoms with van der Waals surface area (Å²) in [4.78, 5) is 0.